The van der Waals surface area contributed by atoms with Gasteiger partial charge in [0.05, 0.1) is 4.70 Å². The van der Waals surface area contributed by atoms with E-state index in [2.05, 4.69) is 10.3 Å². The molecule has 118 valence electrons. The number of carbonyl (C=O) groups excluding carboxylic acids is 1. The Bertz CT molecular complexity index is 972. The van der Waals surface area contributed by atoms with Gasteiger partial charge in [0.2, 0.25) is 0 Å². The van der Waals surface area contributed by atoms with Crippen LogP contribution in [-0.4, -0.2) is 33.6 Å². The molecular weight excluding hydrogens is 347 g/mol. The minimum absolute atomic E-state index is 0.0740. The highest BCUT2D eigenvalue weighted by atomic mass is 35.5. The van der Waals surface area contributed by atoms with Crippen LogP contribution in [0.5, 0.6) is 5.75 Å². The molecule has 2 aromatic heterocycles. The average Bonchev–Trinajstić information content (AvgIpc) is 2.87. The number of nitrogens with one attached hydrogen (secondary N) is 1. The predicted octanol–water partition coefficient (Wildman–Crippen LogP) is 2.76. The van der Waals surface area contributed by atoms with Crippen molar-refractivity contribution in [1.82, 2.24) is 10.3 Å². The summed E-state index contributed by atoms with van der Waals surface area (Å²) in [6.45, 7) is -0.618. The Morgan fingerprint density at radius 1 is 1.39 bits per heavy atom. The van der Waals surface area contributed by atoms with E-state index in [4.69, 9.17) is 16.7 Å². The van der Waals surface area contributed by atoms with E-state index in [-0.39, 0.29) is 15.5 Å². The number of pyridine rings is 1. The zero-order valence-corrected chi connectivity index (χ0v) is 12.8. The van der Waals surface area contributed by atoms with Crippen LogP contribution in [0.1, 0.15) is 10.5 Å². The lowest BCUT2D eigenvalue weighted by Gasteiger charge is -2.06. The van der Waals surface area contributed by atoms with Crippen molar-refractivity contribution in [2.75, 3.05) is 6.54 Å². The Kier molecular flexibility index (Phi) is 3.78. The molecule has 0 aliphatic carbocycles. The highest BCUT2D eigenvalue weighted by Gasteiger charge is 2.22. The third kappa shape index (κ3) is 2.66. The second-order valence-corrected chi connectivity index (χ2v) is 6.03. The molecule has 1 amide bonds. The molecular formula is C14H8ClFN2O4S. The number of carboxylic acid groups (broad SMARTS) is 1. The van der Waals surface area contributed by atoms with E-state index in [1.54, 1.807) is 0 Å². The Hall–Kier alpha value is -2.45. The second kappa shape index (κ2) is 5.64. The molecule has 0 spiro atoms. The molecule has 0 fully saturated rings. The molecule has 1 aromatic carbocycles. The van der Waals surface area contributed by atoms with Gasteiger partial charge in [-0.05, 0) is 18.2 Å². The number of aromatic hydroxyl groups is 1. The molecule has 0 radical (unpaired) electrons. The molecule has 3 rings (SSSR count). The minimum atomic E-state index is -1.23. The maximum Gasteiger partial charge on any atom is 0.322 e. The summed E-state index contributed by atoms with van der Waals surface area (Å²) in [5, 5.41) is 21.7. The van der Waals surface area contributed by atoms with Gasteiger partial charge in [0.15, 0.2) is 11.4 Å². The van der Waals surface area contributed by atoms with Crippen molar-refractivity contribution in [2.45, 2.75) is 0 Å². The fourth-order valence-corrected chi connectivity index (χ4v) is 3.62. The molecule has 0 saturated heterocycles. The molecule has 9 heteroatoms. The molecule has 0 unspecified atom stereocenters. The maximum atomic E-state index is 13.4. The van der Waals surface area contributed by atoms with Crippen molar-refractivity contribution in [2.24, 2.45) is 0 Å². The molecule has 2 heterocycles. The van der Waals surface area contributed by atoms with Crippen LogP contribution in [0.3, 0.4) is 0 Å². The first kappa shape index (κ1) is 15.4. The summed E-state index contributed by atoms with van der Waals surface area (Å²) in [5.41, 5.74) is -0.379. The number of thiophene rings is 1. The number of halogens is 2. The second-order valence-electron chi connectivity index (χ2n) is 4.62. The van der Waals surface area contributed by atoms with Crippen molar-refractivity contribution in [1.29, 1.82) is 0 Å². The molecule has 0 atom stereocenters. The standard InChI is InChI=1S/C14H8ClFN2O4S/c15-13-9-6-3-5(16)1-2-7(6)23-12(9)11(21)10(18-13)14(22)17-4-8(19)20/h1-3,21H,4H2,(H,17,22)(H,19,20). The number of fused-ring (bicyclic) bond motifs is 3. The fraction of sp³-hybridized carbons (Fsp3) is 0.0714. The van der Waals surface area contributed by atoms with Crippen molar-refractivity contribution in [3.63, 3.8) is 0 Å². The zero-order chi connectivity index (χ0) is 16.7. The third-order valence-electron chi connectivity index (χ3n) is 3.12. The van der Waals surface area contributed by atoms with Crippen molar-refractivity contribution in [3.05, 3.63) is 34.9 Å². The van der Waals surface area contributed by atoms with Gasteiger partial charge in [-0.15, -0.1) is 11.3 Å². The number of rotatable bonds is 3. The van der Waals surface area contributed by atoms with E-state index in [1.807, 2.05) is 0 Å². The summed E-state index contributed by atoms with van der Waals surface area (Å²) < 4.78 is 14.4. The number of carbonyl (C=O) groups is 2. The minimum Gasteiger partial charge on any atom is -0.504 e. The van der Waals surface area contributed by atoms with Crippen LogP contribution in [0.25, 0.3) is 20.2 Å². The zero-order valence-electron chi connectivity index (χ0n) is 11.3. The van der Waals surface area contributed by atoms with Gasteiger partial charge in [-0.2, -0.15) is 0 Å². The number of hydrogen-bond donors (Lipinski definition) is 3. The van der Waals surface area contributed by atoms with Gasteiger partial charge in [-0.25, -0.2) is 9.37 Å². The number of hydrogen-bond acceptors (Lipinski definition) is 5. The number of carboxylic acids is 1. The Labute approximate surface area is 137 Å². The maximum absolute atomic E-state index is 13.4. The molecule has 6 nitrogen and oxygen atoms in total. The molecule has 0 aliphatic rings. The summed E-state index contributed by atoms with van der Waals surface area (Å²) in [7, 11) is 0. The highest BCUT2D eigenvalue weighted by molar-refractivity contribution is 7.26. The summed E-state index contributed by atoms with van der Waals surface area (Å²) in [6.07, 6.45) is 0. The quantitative estimate of drug-likeness (QED) is 0.628. The average molecular weight is 355 g/mol. The Balaban J connectivity index is 2.20. The first-order valence-electron chi connectivity index (χ1n) is 6.28. The lowest BCUT2D eigenvalue weighted by Crippen LogP contribution is -2.30. The van der Waals surface area contributed by atoms with Crippen molar-refractivity contribution in [3.8, 4) is 5.75 Å². The molecule has 3 aromatic rings. The molecule has 23 heavy (non-hydrogen) atoms. The van der Waals surface area contributed by atoms with Gasteiger partial charge in [0.1, 0.15) is 17.5 Å². The van der Waals surface area contributed by atoms with Gasteiger partial charge >= 0.3 is 5.97 Å². The van der Waals surface area contributed by atoms with Crippen LogP contribution in [0.15, 0.2) is 18.2 Å². The van der Waals surface area contributed by atoms with Crippen molar-refractivity contribution >= 4 is 55.0 Å². The smallest absolute Gasteiger partial charge is 0.322 e. The van der Waals surface area contributed by atoms with Gasteiger partial charge in [0.25, 0.3) is 5.91 Å². The molecule has 3 N–H and O–H groups in total. The van der Waals surface area contributed by atoms with E-state index < -0.39 is 30.0 Å². The molecule has 0 aliphatic heterocycles. The van der Waals surface area contributed by atoms with E-state index in [9.17, 15) is 19.1 Å². The fourth-order valence-electron chi connectivity index (χ4n) is 2.15. The van der Waals surface area contributed by atoms with Crippen LogP contribution in [-0.2, 0) is 4.79 Å². The van der Waals surface area contributed by atoms with Crippen LogP contribution < -0.4 is 5.32 Å². The summed E-state index contributed by atoms with van der Waals surface area (Å²) in [5.74, 6) is -2.98. The number of aliphatic carboxylic acids is 1. The first-order valence-corrected chi connectivity index (χ1v) is 7.48. The van der Waals surface area contributed by atoms with Gasteiger partial charge in [-0.3, -0.25) is 9.59 Å². The number of benzene rings is 1. The van der Waals surface area contributed by atoms with Crippen LogP contribution in [0.4, 0.5) is 4.39 Å². The number of aromatic nitrogens is 1. The monoisotopic (exact) mass is 354 g/mol. The van der Waals surface area contributed by atoms with Crippen molar-refractivity contribution < 1.29 is 24.2 Å². The SMILES string of the molecule is O=C(O)CNC(=O)c1nc(Cl)c2c(sc3ccc(F)cc32)c1O. The van der Waals surface area contributed by atoms with Crippen LogP contribution in [0, 0.1) is 5.82 Å². The van der Waals surface area contributed by atoms with Crippen LogP contribution >= 0.6 is 22.9 Å². The Morgan fingerprint density at radius 2 is 2.13 bits per heavy atom. The van der Waals surface area contributed by atoms with Gasteiger partial charge in [-0.1, -0.05) is 11.6 Å². The number of nitrogens with zero attached hydrogens (tertiary/aromatic N) is 1. The predicted molar refractivity (Wildman–Crippen MR) is 83.7 cm³/mol. The topological polar surface area (TPSA) is 99.5 Å². The Morgan fingerprint density at radius 3 is 2.83 bits per heavy atom. The van der Waals surface area contributed by atoms with Crippen LogP contribution in [0.2, 0.25) is 5.15 Å². The normalized spacial score (nSPS) is 11.0. The van der Waals surface area contributed by atoms with Gasteiger partial charge < -0.3 is 15.5 Å². The summed E-state index contributed by atoms with van der Waals surface area (Å²) >= 11 is 7.21. The van der Waals surface area contributed by atoms with Gasteiger partial charge in [0, 0.05) is 15.5 Å². The lowest BCUT2D eigenvalue weighted by atomic mass is 10.1. The first-order chi connectivity index (χ1) is 10.9. The molecule has 0 bridgehead atoms. The van der Waals surface area contributed by atoms with E-state index in [1.165, 1.54) is 18.2 Å². The number of amides is 1. The summed E-state index contributed by atoms with van der Waals surface area (Å²) in [6, 6.07) is 4.08. The largest absolute Gasteiger partial charge is 0.504 e. The lowest BCUT2D eigenvalue weighted by molar-refractivity contribution is -0.135. The van der Waals surface area contributed by atoms with E-state index in [0.29, 0.717) is 15.5 Å². The summed E-state index contributed by atoms with van der Waals surface area (Å²) in [4.78, 5) is 26.2. The molecule has 0 saturated carbocycles. The van der Waals surface area contributed by atoms with E-state index >= 15 is 0 Å². The van der Waals surface area contributed by atoms with E-state index in [0.717, 1.165) is 11.3 Å². The highest BCUT2D eigenvalue weighted by Crippen LogP contribution is 2.43. The third-order valence-corrected chi connectivity index (χ3v) is 4.57.